The van der Waals surface area contributed by atoms with Gasteiger partial charge < -0.3 is 26.2 Å². The van der Waals surface area contributed by atoms with Crippen molar-refractivity contribution >= 4 is 12.0 Å². The molecule has 0 aliphatic carbocycles. The Morgan fingerprint density at radius 3 is 2.69 bits per heavy atom. The summed E-state index contributed by atoms with van der Waals surface area (Å²) in [5.41, 5.74) is 5.48. The normalized spacial score (nSPS) is 21.9. The third kappa shape index (κ3) is 3.07. The number of hydrogen-bond donors (Lipinski definition) is 4. The maximum absolute atomic E-state index is 11.6. The summed E-state index contributed by atoms with van der Waals surface area (Å²) in [6, 6.07) is -1.71. The topological polar surface area (TPSA) is 116 Å². The third-order valence-corrected chi connectivity index (χ3v) is 2.68. The van der Waals surface area contributed by atoms with Crippen molar-refractivity contribution in [1.29, 1.82) is 0 Å². The van der Waals surface area contributed by atoms with Gasteiger partial charge >= 0.3 is 12.0 Å². The fourth-order valence-electron chi connectivity index (χ4n) is 1.64. The number of nitrogens with one attached hydrogen (secondary N) is 1. The van der Waals surface area contributed by atoms with Crippen molar-refractivity contribution in [3.05, 3.63) is 0 Å². The molecule has 1 saturated heterocycles. The lowest BCUT2D eigenvalue weighted by Gasteiger charge is -2.19. The second-order valence-corrected chi connectivity index (χ2v) is 3.86. The zero-order valence-electron chi connectivity index (χ0n) is 8.93. The van der Waals surface area contributed by atoms with E-state index in [9.17, 15) is 9.59 Å². The fraction of sp³-hybridized carbons (Fsp3) is 0.778. The Balaban J connectivity index is 2.43. The van der Waals surface area contributed by atoms with Gasteiger partial charge in [-0.3, -0.25) is 0 Å². The number of carboxylic acid groups (broad SMARTS) is 1. The highest BCUT2D eigenvalue weighted by molar-refractivity contribution is 5.82. The largest absolute Gasteiger partial charge is 0.480 e. The Labute approximate surface area is 93.2 Å². The molecule has 2 atom stereocenters. The van der Waals surface area contributed by atoms with E-state index in [2.05, 4.69) is 5.32 Å². The first-order chi connectivity index (χ1) is 7.58. The van der Waals surface area contributed by atoms with E-state index >= 15 is 0 Å². The van der Waals surface area contributed by atoms with Crippen molar-refractivity contribution in [2.24, 2.45) is 11.7 Å². The predicted molar refractivity (Wildman–Crippen MR) is 55.8 cm³/mol. The van der Waals surface area contributed by atoms with E-state index < -0.39 is 24.6 Å². The van der Waals surface area contributed by atoms with Crippen LogP contribution >= 0.6 is 0 Å². The molecule has 1 aliphatic rings. The summed E-state index contributed by atoms with van der Waals surface area (Å²) in [6.07, 6.45) is 0.834. The number of rotatable bonds is 4. The van der Waals surface area contributed by atoms with Gasteiger partial charge in [-0.2, -0.15) is 0 Å². The molecule has 1 heterocycles. The first-order valence-electron chi connectivity index (χ1n) is 5.17. The van der Waals surface area contributed by atoms with Crippen molar-refractivity contribution in [2.45, 2.75) is 12.5 Å². The van der Waals surface area contributed by atoms with Gasteiger partial charge in [-0.25, -0.2) is 9.59 Å². The number of hydrogen-bond acceptors (Lipinski definition) is 4. The molecular formula is C9H17N3O4. The van der Waals surface area contributed by atoms with Crippen LogP contribution in [-0.4, -0.2) is 59.4 Å². The molecule has 0 aromatic carbocycles. The minimum Gasteiger partial charge on any atom is -0.480 e. The van der Waals surface area contributed by atoms with E-state index in [4.69, 9.17) is 15.9 Å². The molecule has 16 heavy (non-hydrogen) atoms. The number of aliphatic hydroxyl groups is 1. The Morgan fingerprint density at radius 2 is 2.25 bits per heavy atom. The minimum atomic E-state index is -1.25. The molecule has 7 nitrogen and oxygen atoms in total. The van der Waals surface area contributed by atoms with Crippen LogP contribution in [0, 0.1) is 5.92 Å². The molecule has 1 aliphatic heterocycles. The highest BCUT2D eigenvalue weighted by Crippen LogP contribution is 2.14. The third-order valence-electron chi connectivity index (χ3n) is 2.68. The summed E-state index contributed by atoms with van der Waals surface area (Å²) in [5, 5.41) is 19.7. The number of aliphatic hydroxyl groups excluding tert-OH is 1. The number of carbonyl (C=O) groups is 2. The molecule has 1 rings (SSSR count). The summed E-state index contributed by atoms with van der Waals surface area (Å²) < 4.78 is 0. The SMILES string of the molecule is NCC1CCN(C(=O)NC(CO)C(=O)O)C1. The van der Waals surface area contributed by atoms with E-state index in [-0.39, 0.29) is 5.92 Å². The van der Waals surface area contributed by atoms with E-state index in [1.54, 1.807) is 0 Å². The highest BCUT2D eigenvalue weighted by Gasteiger charge is 2.28. The van der Waals surface area contributed by atoms with Crippen molar-refractivity contribution in [2.75, 3.05) is 26.2 Å². The predicted octanol–water partition coefficient (Wildman–Crippen LogP) is -1.58. The fourth-order valence-corrected chi connectivity index (χ4v) is 1.64. The molecule has 0 bridgehead atoms. The zero-order valence-corrected chi connectivity index (χ0v) is 8.93. The van der Waals surface area contributed by atoms with Crippen molar-refractivity contribution in [3.8, 4) is 0 Å². The van der Waals surface area contributed by atoms with Gasteiger partial charge in [-0.1, -0.05) is 0 Å². The van der Waals surface area contributed by atoms with Crippen LogP contribution in [0.3, 0.4) is 0 Å². The quantitative estimate of drug-likeness (QED) is 0.466. The van der Waals surface area contributed by atoms with Gasteiger partial charge in [-0.05, 0) is 18.9 Å². The summed E-state index contributed by atoms with van der Waals surface area (Å²) in [4.78, 5) is 23.7. The molecule has 2 unspecified atom stereocenters. The molecule has 0 aromatic heterocycles. The minimum absolute atomic E-state index is 0.281. The summed E-state index contributed by atoms with van der Waals surface area (Å²) in [7, 11) is 0. The maximum atomic E-state index is 11.6. The number of urea groups is 1. The van der Waals surface area contributed by atoms with E-state index in [0.717, 1.165) is 6.42 Å². The number of carboxylic acids is 1. The van der Waals surface area contributed by atoms with Gasteiger partial charge in [-0.15, -0.1) is 0 Å². The average molecular weight is 231 g/mol. The Kier molecular flexibility index (Phi) is 4.51. The number of amides is 2. The van der Waals surface area contributed by atoms with Gasteiger partial charge in [0.25, 0.3) is 0 Å². The monoisotopic (exact) mass is 231 g/mol. The Morgan fingerprint density at radius 1 is 1.56 bits per heavy atom. The number of carbonyl (C=O) groups excluding carboxylic acids is 1. The van der Waals surface area contributed by atoms with Crippen LogP contribution in [-0.2, 0) is 4.79 Å². The zero-order chi connectivity index (χ0) is 12.1. The lowest BCUT2D eigenvalue weighted by molar-refractivity contribution is -0.140. The smallest absolute Gasteiger partial charge is 0.328 e. The molecule has 7 heteroatoms. The van der Waals surface area contributed by atoms with Crippen LogP contribution in [0.25, 0.3) is 0 Å². The van der Waals surface area contributed by atoms with Gasteiger partial charge in [0.05, 0.1) is 6.61 Å². The highest BCUT2D eigenvalue weighted by atomic mass is 16.4. The molecule has 5 N–H and O–H groups in total. The van der Waals surface area contributed by atoms with E-state index in [0.29, 0.717) is 19.6 Å². The van der Waals surface area contributed by atoms with E-state index in [1.807, 2.05) is 0 Å². The molecule has 0 radical (unpaired) electrons. The molecule has 0 saturated carbocycles. The van der Waals surface area contributed by atoms with Crippen LogP contribution in [0.5, 0.6) is 0 Å². The van der Waals surface area contributed by atoms with Crippen molar-refractivity contribution < 1.29 is 19.8 Å². The second-order valence-electron chi connectivity index (χ2n) is 3.86. The van der Waals surface area contributed by atoms with Crippen LogP contribution < -0.4 is 11.1 Å². The molecule has 1 fully saturated rings. The van der Waals surface area contributed by atoms with Crippen molar-refractivity contribution in [3.63, 3.8) is 0 Å². The van der Waals surface area contributed by atoms with Gasteiger partial charge in [0.2, 0.25) is 0 Å². The number of aliphatic carboxylic acids is 1. The average Bonchev–Trinajstić information content (AvgIpc) is 2.73. The van der Waals surface area contributed by atoms with Crippen LogP contribution in [0.1, 0.15) is 6.42 Å². The standard InChI is InChI=1S/C9H17N3O4/c10-3-6-1-2-12(4-6)9(16)11-7(5-13)8(14)15/h6-7,13H,1-5,10H2,(H,11,16)(H,14,15). The summed E-state index contributed by atoms with van der Waals surface area (Å²) in [6.45, 7) is 1.02. The summed E-state index contributed by atoms with van der Waals surface area (Å²) in [5.74, 6) is -0.964. The molecule has 2 amide bonds. The van der Waals surface area contributed by atoms with E-state index in [1.165, 1.54) is 4.90 Å². The number of likely N-dealkylation sites (tertiary alicyclic amines) is 1. The van der Waals surface area contributed by atoms with Gasteiger partial charge in [0.15, 0.2) is 6.04 Å². The first-order valence-corrected chi connectivity index (χ1v) is 5.17. The molecular weight excluding hydrogens is 214 g/mol. The number of nitrogens with zero attached hydrogens (tertiary/aromatic N) is 1. The second kappa shape index (κ2) is 5.66. The lowest BCUT2D eigenvalue weighted by atomic mass is 10.1. The van der Waals surface area contributed by atoms with Gasteiger partial charge in [0.1, 0.15) is 0 Å². The van der Waals surface area contributed by atoms with Crippen LogP contribution in [0.2, 0.25) is 0 Å². The molecule has 0 spiro atoms. The van der Waals surface area contributed by atoms with Crippen molar-refractivity contribution in [1.82, 2.24) is 10.2 Å². The van der Waals surface area contributed by atoms with Crippen LogP contribution in [0.15, 0.2) is 0 Å². The first kappa shape index (κ1) is 12.7. The lowest BCUT2D eigenvalue weighted by Crippen LogP contribution is -2.49. The maximum Gasteiger partial charge on any atom is 0.328 e. The Hall–Kier alpha value is -1.34. The van der Waals surface area contributed by atoms with Crippen LogP contribution in [0.4, 0.5) is 4.79 Å². The molecule has 0 aromatic rings. The summed E-state index contributed by atoms with van der Waals surface area (Å²) >= 11 is 0. The molecule has 92 valence electrons. The number of nitrogens with two attached hydrogens (primary N) is 1. The van der Waals surface area contributed by atoms with Gasteiger partial charge in [0, 0.05) is 13.1 Å². The Bertz CT molecular complexity index is 271.